The van der Waals surface area contributed by atoms with E-state index >= 15 is 0 Å². The number of rotatable bonds is 6. The normalized spacial score (nSPS) is 18.0. The number of anilines is 1. The van der Waals surface area contributed by atoms with Gasteiger partial charge >= 0.3 is 0 Å². The molecule has 1 fully saturated rings. The summed E-state index contributed by atoms with van der Waals surface area (Å²) >= 11 is 3.77. The number of halogens is 1. The monoisotopic (exact) mass is 675 g/mol. The molecule has 5 aromatic rings. The first-order chi connectivity index (χ1) is 22.5. The first-order valence-electron chi connectivity index (χ1n) is 15.5. The van der Waals surface area contributed by atoms with Crippen molar-refractivity contribution >= 4 is 38.5 Å². The highest BCUT2D eigenvalue weighted by atomic mass is 79.9. The molecule has 3 aliphatic rings. The minimum absolute atomic E-state index is 0.645. The molecule has 0 saturated carbocycles. The predicted octanol–water partition coefficient (Wildman–Crippen LogP) is 8.39. The van der Waals surface area contributed by atoms with E-state index in [0.29, 0.717) is 11.5 Å². The molecule has 2 aliphatic heterocycles. The number of fused-ring (bicyclic) bond motifs is 8. The van der Waals surface area contributed by atoms with Gasteiger partial charge in [-0.2, -0.15) is 0 Å². The Hall–Kier alpha value is -4.46. The molecule has 0 bridgehead atoms. The lowest BCUT2D eigenvalue weighted by Crippen LogP contribution is -2.37. The fourth-order valence-electron chi connectivity index (χ4n) is 7.25. The van der Waals surface area contributed by atoms with Crippen LogP contribution in [0.4, 0.5) is 5.69 Å². The Labute approximate surface area is 277 Å². The number of ether oxygens (including phenoxy) is 5. The van der Waals surface area contributed by atoms with Crippen LogP contribution in [-0.2, 0) is 16.8 Å². The van der Waals surface area contributed by atoms with E-state index in [-0.39, 0.29) is 0 Å². The number of nitrogens with zero attached hydrogens (tertiary/aromatic N) is 1. The maximum atomic E-state index is 7.44. The van der Waals surface area contributed by atoms with Gasteiger partial charge in [0.25, 0.3) is 0 Å². The highest BCUT2D eigenvalue weighted by Crippen LogP contribution is 2.54. The predicted molar refractivity (Wildman–Crippen MR) is 186 cm³/mol. The topological polar surface area (TPSA) is 49.4 Å². The minimum Gasteiger partial charge on any atom is -0.496 e. The zero-order valence-corrected chi connectivity index (χ0v) is 27.6. The maximum absolute atomic E-state index is 7.44. The Morgan fingerprint density at radius 2 is 1.50 bits per heavy atom. The molecule has 6 nitrogen and oxygen atoms in total. The fraction of sp³-hybridized carbons (Fsp3) is 0.231. The van der Waals surface area contributed by atoms with Crippen LogP contribution in [0.3, 0.4) is 0 Å². The number of hydrogen-bond acceptors (Lipinski definition) is 6. The summed E-state index contributed by atoms with van der Waals surface area (Å²) in [6.07, 6.45) is 5.30. The van der Waals surface area contributed by atoms with Gasteiger partial charge in [0.05, 0.1) is 39.0 Å². The van der Waals surface area contributed by atoms with Crippen molar-refractivity contribution in [2.75, 3.05) is 52.5 Å². The van der Waals surface area contributed by atoms with Crippen LogP contribution in [0, 0.1) is 0 Å². The van der Waals surface area contributed by atoms with E-state index in [0.717, 1.165) is 76.2 Å². The highest BCUT2D eigenvalue weighted by Gasteiger charge is 2.40. The Balaban J connectivity index is 1.36. The molecule has 2 heterocycles. The SMILES string of the molecule is COc1cc2c3c(c4c(c2cc1Br)-c1ccccc1C4)C=CC(c1ccc(N2CCOCC2)cc1)(c1ccc(OC)c(OC)c1)O3. The van der Waals surface area contributed by atoms with Gasteiger partial charge in [-0.05, 0) is 92.5 Å². The summed E-state index contributed by atoms with van der Waals surface area (Å²) in [5.74, 6) is 2.90. The molecular weight excluding hydrogens is 642 g/mol. The molecule has 1 aliphatic carbocycles. The molecule has 8 rings (SSSR count). The van der Waals surface area contributed by atoms with Crippen LogP contribution in [0.5, 0.6) is 23.0 Å². The van der Waals surface area contributed by atoms with Crippen molar-refractivity contribution in [2.24, 2.45) is 0 Å². The molecule has 0 amide bonds. The van der Waals surface area contributed by atoms with E-state index in [1.807, 2.05) is 12.1 Å². The molecule has 0 N–H and O–H groups in total. The van der Waals surface area contributed by atoms with Gasteiger partial charge in [-0.15, -0.1) is 0 Å². The molecule has 5 aromatic carbocycles. The number of hydrogen-bond donors (Lipinski definition) is 0. The van der Waals surface area contributed by atoms with Crippen LogP contribution in [0.25, 0.3) is 28.0 Å². The quantitative estimate of drug-likeness (QED) is 0.177. The van der Waals surface area contributed by atoms with Gasteiger partial charge in [0.2, 0.25) is 0 Å². The number of methoxy groups -OCH3 is 3. The summed E-state index contributed by atoms with van der Waals surface area (Å²) in [5, 5.41) is 2.13. The van der Waals surface area contributed by atoms with Crippen LogP contribution < -0.4 is 23.8 Å². The largest absolute Gasteiger partial charge is 0.496 e. The van der Waals surface area contributed by atoms with Gasteiger partial charge < -0.3 is 28.6 Å². The average molecular weight is 677 g/mol. The lowest BCUT2D eigenvalue weighted by molar-refractivity contribution is 0.122. The molecule has 0 aromatic heterocycles. The van der Waals surface area contributed by atoms with Crippen molar-refractivity contribution in [1.82, 2.24) is 0 Å². The standard InChI is InChI=1S/C39H34BrNO5/c1-42-34-13-10-26(21-36(34)44-3)39(25-8-11-27(12-9-25)41-16-18-45-19-17-41)15-14-29-30-20-24-6-4-5-7-28(24)37(30)31-22-33(40)35(43-2)23-32(31)38(29)46-39/h4-15,21-23H,16-20H2,1-3H3. The first kappa shape index (κ1) is 29.0. The van der Waals surface area contributed by atoms with E-state index in [1.54, 1.807) is 21.3 Å². The summed E-state index contributed by atoms with van der Waals surface area (Å²) in [6, 6.07) is 27.7. The third-order valence-corrected chi connectivity index (χ3v) is 10.2. The van der Waals surface area contributed by atoms with Crippen LogP contribution in [-0.4, -0.2) is 47.6 Å². The third kappa shape index (κ3) is 4.48. The van der Waals surface area contributed by atoms with Gasteiger partial charge in [-0.25, -0.2) is 0 Å². The van der Waals surface area contributed by atoms with Crippen LogP contribution >= 0.6 is 15.9 Å². The minimum atomic E-state index is -0.941. The molecule has 7 heteroatoms. The van der Waals surface area contributed by atoms with E-state index in [4.69, 9.17) is 23.7 Å². The van der Waals surface area contributed by atoms with E-state index in [2.05, 4.69) is 99.7 Å². The number of morpholine rings is 1. The Morgan fingerprint density at radius 1 is 0.761 bits per heavy atom. The first-order valence-corrected chi connectivity index (χ1v) is 16.3. The maximum Gasteiger partial charge on any atom is 0.178 e. The molecule has 232 valence electrons. The van der Waals surface area contributed by atoms with Crippen molar-refractivity contribution in [3.63, 3.8) is 0 Å². The van der Waals surface area contributed by atoms with E-state index in [9.17, 15) is 0 Å². The van der Waals surface area contributed by atoms with Gasteiger partial charge in [0.1, 0.15) is 11.5 Å². The van der Waals surface area contributed by atoms with Crippen LogP contribution in [0.1, 0.15) is 27.8 Å². The Bertz CT molecular complexity index is 2010. The van der Waals surface area contributed by atoms with E-state index in [1.165, 1.54) is 27.9 Å². The number of benzene rings is 5. The van der Waals surface area contributed by atoms with Crippen LogP contribution in [0.2, 0.25) is 0 Å². The summed E-state index contributed by atoms with van der Waals surface area (Å²) < 4.78 is 31.2. The Kier molecular flexibility index (Phi) is 7.19. The summed E-state index contributed by atoms with van der Waals surface area (Å²) in [7, 11) is 5.02. The second-order valence-electron chi connectivity index (χ2n) is 11.8. The molecule has 46 heavy (non-hydrogen) atoms. The smallest absolute Gasteiger partial charge is 0.178 e. The van der Waals surface area contributed by atoms with Crippen molar-refractivity contribution in [2.45, 2.75) is 12.0 Å². The van der Waals surface area contributed by atoms with Crippen molar-refractivity contribution < 1.29 is 23.7 Å². The van der Waals surface area contributed by atoms with Gasteiger partial charge in [-0.1, -0.05) is 48.5 Å². The Morgan fingerprint density at radius 3 is 2.26 bits per heavy atom. The fourth-order valence-corrected chi connectivity index (χ4v) is 7.76. The van der Waals surface area contributed by atoms with Crippen molar-refractivity contribution in [1.29, 1.82) is 0 Å². The lowest BCUT2D eigenvalue weighted by Gasteiger charge is -2.38. The van der Waals surface area contributed by atoms with Crippen LogP contribution in [0.15, 0.2) is 89.4 Å². The van der Waals surface area contributed by atoms with E-state index < -0.39 is 5.60 Å². The lowest BCUT2D eigenvalue weighted by atomic mass is 9.81. The van der Waals surface area contributed by atoms with Gasteiger partial charge in [0, 0.05) is 40.9 Å². The van der Waals surface area contributed by atoms with Gasteiger partial charge in [0.15, 0.2) is 17.1 Å². The average Bonchev–Trinajstić information content (AvgIpc) is 3.51. The van der Waals surface area contributed by atoms with Crippen molar-refractivity contribution in [3.05, 3.63) is 117 Å². The molecule has 1 atom stereocenters. The highest BCUT2D eigenvalue weighted by molar-refractivity contribution is 9.10. The second kappa shape index (κ2) is 11.4. The summed E-state index contributed by atoms with van der Waals surface area (Å²) in [4.78, 5) is 2.36. The second-order valence-corrected chi connectivity index (χ2v) is 12.7. The zero-order chi connectivity index (χ0) is 31.4. The molecule has 0 spiro atoms. The summed E-state index contributed by atoms with van der Waals surface area (Å²) in [5.41, 5.74) is 8.41. The zero-order valence-electron chi connectivity index (χ0n) is 26.1. The summed E-state index contributed by atoms with van der Waals surface area (Å²) in [6.45, 7) is 3.23. The molecule has 1 saturated heterocycles. The van der Waals surface area contributed by atoms with Crippen molar-refractivity contribution in [3.8, 4) is 34.1 Å². The van der Waals surface area contributed by atoms with Gasteiger partial charge in [-0.3, -0.25) is 0 Å². The third-order valence-electron chi connectivity index (χ3n) is 9.56. The molecule has 1 unspecified atom stereocenters. The molecule has 0 radical (unpaired) electrons. The molecular formula is C39H34BrNO5.